The lowest BCUT2D eigenvalue weighted by Gasteiger charge is -2.52. The number of aliphatic carboxylic acids is 1. The summed E-state index contributed by atoms with van der Waals surface area (Å²) in [7, 11) is 0. The molecule has 0 radical (unpaired) electrons. The number of hydrogen-bond donors (Lipinski definition) is 1. The van der Waals surface area contributed by atoms with E-state index in [0.29, 0.717) is 6.42 Å². The van der Waals surface area contributed by atoms with Gasteiger partial charge in [0.1, 0.15) is 5.54 Å². The molecule has 1 heterocycles. The second-order valence-electron chi connectivity index (χ2n) is 5.85. The van der Waals surface area contributed by atoms with E-state index >= 15 is 0 Å². The summed E-state index contributed by atoms with van der Waals surface area (Å²) in [6.45, 7) is 1.82. The van der Waals surface area contributed by atoms with Crippen molar-refractivity contribution in [3.05, 3.63) is 71.8 Å². The van der Waals surface area contributed by atoms with E-state index in [9.17, 15) is 14.7 Å². The van der Waals surface area contributed by atoms with Gasteiger partial charge in [-0.3, -0.25) is 4.79 Å². The quantitative estimate of drug-likeness (QED) is 0.863. The van der Waals surface area contributed by atoms with Crippen molar-refractivity contribution in [2.24, 2.45) is 0 Å². The van der Waals surface area contributed by atoms with Gasteiger partial charge in [-0.25, -0.2) is 4.79 Å². The van der Waals surface area contributed by atoms with E-state index in [1.54, 1.807) is 4.90 Å². The van der Waals surface area contributed by atoms with Crippen LogP contribution in [0.2, 0.25) is 0 Å². The molecule has 1 amide bonds. The molecule has 1 atom stereocenters. The Morgan fingerprint density at radius 1 is 1.09 bits per heavy atom. The number of likely N-dealkylation sites (tertiary alicyclic amines) is 1. The molecule has 0 bridgehead atoms. The van der Waals surface area contributed by atoms with E-state index in [4.69, 9.17) is 0 Å². The molecule has 2 aromatic carbocycles. The first kappa shape index (κ1) is 15.3. The van der Waals surface area contributed by atoms with Crippen LogP contribution in [0.15, 0.2) is 60.7 Å². The Labute approximate surface area is 135 Å². The number of rotatable bonds is 5. The minimum atomic E-state index is -1.12. The van der Waals surface area contributed by atoms with Crippen LogP contribution in [0.3, 0.4) is 0 Å². The lowest BCUT2D eigenvalue weighted by atomic mass is 9.77. The normalized spacial score (nSPS) is 20.4. The highest BCUT2D eigenvalue weighted by atomic mass is 16.4. The summed E-state index contributed by atoms with van der Waals surface area (Å²) >= 11 is 0. The predicted molar refractivity (Wildman–Crippen MR) is 86.8 cm³/mol. The zero-order valence-electron chi connectivity index (χ0n) is 13.0. The Hall–Kier alpha value is -2.62. The Morgan fingerprint density at radius 3 is 1.91 bits per heavy atom. The Kier molecular flexibility index (Phi) is 3.90. The molecule has 3 rings (SSSR count). The van der Waals surface area contributed by atoms with Crippen LogP contribution < -0.4 is 0 Å². The van der Waals surface area contributed by atoms with Crippen molar-refractivity contribution in [1.82, 2.24) is 4.90 Å². The van der Waals surface area contributed by atoms with Gasteiger partial charge in [-0.2, -0.15) is 0 Å². The van der Waals surface area contributed by atoms with Crippen molar-refractivity contribution in [2.45, 2.75) is 31.3 Å². The second-order valence-corrected chi connectivity index (χ2v) is 5.85. The number of carboxylic acid groups (broad SMARTS) is 1. The monoisotopic (exact) mass is 309 g/mol. The summed E-state index contributed by atoms with van der Waals surface area (Å²) < 4.78 is 0. The minimum absolute atomic E-state index is 0.0645. The first-order valence-electron chi connectivity index (χ1n) is 7.75. The van der Waals surface area contributed by atoms with Crippen molar-refractivity contribution in [3.8, 4) is 0 Å². The minimum Gasteiger partial charge on any atom is -0.479 e. The predicted octanol–water partition coefficient (Wildman–Crippen LogP) is 3.24. The number of benzene rings is 2. The van der Waals surface area contributed by atoms with Crippen LogP contribution in [0.4, 0.5) is 0 Å². The van der Waals surface area contributed by atoms with E-state index < -0.39 is 11.5 Å². The summed E-state index contributed by atoms with van der Waals surface area (Å²) in [6.07, 6.45) is 0.458. The van der Waals surface area contributed by atoms with Gasteiger partial charge in [0.15, 0.2) is 0 Å². The molecule has 4 heteroatoms. The largest absolute Gasteiger partial charge is 0.479 e. The van der Waals surface area contributed by atoms with E-state index in [1.807, 2.05) is 67.6 Å². The molecule has 1 fully saturated rings. The molecular formula is C19H19NO3. The van der Waals surface area contributed by atoms with Crippen LogP contribution in [0.1, 0.15) is 36.9 Å². The summed E-state index contributed by atoms with van der Waals surface area (Å²) in [6, 6.07) is 18.8. The second kappa shape index (κ2) is 5.88. The van der Waals surface area contributed by atoms with Crippen molar-refractivity contribution < 1.29 is 14.7 Å². The van der Waals surface area contributed by atoms with Gasteiger partial charge >= 0.3 is 5.97 Å². The van der Waals surface area contributed by atoms with Gasteiger partial charge in [0.2, 0.25) is 5.91 Å². The van der Waals surface area contributed by atoms with Gasteiger partial charge in [0.25, 0.3) is 0 Å². The maximum atomic E-state index is 12.4. The van der Waals surface area contributed by atoms with Gasteiger partial charge in [-0.1, -0.05) is 67.6 Å². The van der Waals surface area contributed by atoms with E-state index in [1.165, 1.54) is 0 Å². The summed E-state index contributed by atoms with van der Waals surface area (Å²) in [5, 5.41) is 9.72. The first-order chi connectivity index (χ1) is 11.1. The third-order valence-corrected chi connectivity index (χ3v) is 4.65. The zero-order valence-corrected chi connectivity index (χ0v) is 13.0. The third-order valence-electron chi connectivity index (χ3n) is 4.65. The number of amides is 1. The van der Waals surface area contributed by atoms with Gasteiger partial charge in [0, 0.05) is 0 Å². The Morgan fingerprint density at radius 2 is 1.57 bits per heavy atom. The average Bonchev–Trinajstić information content (AvgIpc) is 2.58. The molecule has 1 aliphatic rings. The number of carbonyl (C=O) groups excluding carboxylic acids is 1. The summed E-state index contributed by atoms with van der Waals surface area (Å²) in [5.41, 5.74) is 0.726. The van der Waals surface area contributed by atoms with Crippen molar-refractivity contribution >= 4 is 11.9 Å². The van der Waals surface area contributed by atoms with Crippen LogP contribution in [0.5, 0.6) is 0 Å². The smallest absolute Gasteiger partial charge is 0.330 e. The van der Waals surface area contributed by atoms with Crippen molar-refractivity contribution in [1.29, 1.82) is 0 Å². The number of β-lactam (4-membered cyclic amide) rings is 1. The number of hydrogen-bond acceptors (Lipinski definition) is 2. The Bertz CT molecular complexity index is 674. The molecule has 1 N–H and O–H groups in total. The fourth-order valence-electron chi connectivity index (χ4n) is 3.35. The lowest BCUT2D eigenvalue weighted by Crippen LogP contribution is -2.68. The van der Waals surface area contributed by atoms with Gasteiger partial charge < -0.3 is 10.0 Å². The standard InChI is InChI=1S/C19H19NO3/c1-2-19(18(22)23)13-16(21)20(19)17(14-9-5-3-6-10-14)15-11-7-4-8-12-15/h3-12,17H,2,13H2,1H3,(H,22,23). The first-order valence-corrected chi connectivity index (χ1v) is 7.75. The van der Waals surface area contributed by atoms with Crippen molar-refractivity contribution in [2.75, 3.05) is 0 Å². The molecule has 118 valence electrons. The topological polar surface area (TPSA) is 57.6 Å². The van der Waals surface area contributed by atoms with Crippen LogP contribution in [0.25, 0.3) is 0 Å². The highest BCUT2D eigenvalue weighted by Gasteiger charge is 2.58. The van der Waals surface area contributed by atoms with Crippen LogP contribution in [0, 0.1) is 0 Å². The van der Waals surface area contributed by atoms with Gasteiger partial charge in [0.05, 0.1) is 12.5 Å². The van der Waals surface area contributed by atoms with Gasteiger partial charge in [-0.05, 0) is 17.5 Å². The maximum Gasteiger partial charge on any atom is 0.330 e. The Balaban J connectivity index is 2.12. The van der Waals surface area contributed by atoms with E-state index in [0.717, 1.165) is 11.1 Å². The number of nitrogens with zero attached hydrogens (tertiary/aromatic N) is 1. The molecule has 0 saturated carbocycles. The highest BCUT2D eigenvalue weighted by molar-refractivity contribution is 5.98. The van der Waals surface area contributed by atoms with Crippen LogP contribution >= 0.6 is 0 Å². The number of carboxylic acids is 1. The summed E-state index contributed by atoms with van der Waals surface area (Å²) in [4.78, 5) is 25.8. The maximum absolute atomic E-state index is 12.4. The summed E-state index contributed by atoms with van der Waals surface area (Å²) in [5.74, 6) is -1.05. The van der Waals surface area contributed by atoms with Crippen LogP contribution in [-0.2, 0) is 9.59 Å². The average molecular weight is 309 g/mol. The molecule has 1 unspecified atom stereocenters. The molecule has 0 spiro atoms. The molecule has 1 aliphatic heterocycles. The lowest BCUT2D eigenvalue weighted by molar-refractivity contribution is -0.179. The zero-order chi connectivity index (χ0) is 16.4. The number of carbonyl (C=O) groups is 2. The molecule has 1 saturated heterocycles. The van der Waals surface area contributed by atoms with Gasteiger partial charge in [-0.15, -0.1) is 0 Å². The molecule has 23 heavy (non-hydrogen) atoms. The fraction of sp³-hybridized carbons (Fsp3) is 0.263. The molecule has 0 aliphatic carbocycles. The SMILES string of the molecule is CCC1(C(=O)O)CC(=O)N1C(c1ccccc1)c1ccccc1. The highest BCUT2D eigenvalue weighted by Crippen LogP contribution is 2.44. The van der Waals surface area contributed by atoms with Crippen molar-refractivity contribution in [3.63, 3.8) is 0 Å². The van der Waals surface area contributed by atoms with E-state index in [-0.39, 0.29) is 18.4 Å². The molecule has 0 aromatic heterocycles. The van der Waals surface area contributed by atoms with E-state index in [2.05, 4.69) is 0 Å². The molecular weight excluding hydrogens is 290 g/mol. The third kappa shape index (κ3) is 2.40. The molecule has 2 aromatic rings. The fourth-order valence-corrected chi connectivity index (χ4v) is 3.35. The molecule has 4 nitrogen and oxygen atoms in total. The van der Waals surface area contributed by atoms with Crippen LogP contribution in [-0.4, -0.2) is 27.4 Å².